The van der Waals surface area contributed by atoms with Crippen LogP contribution in [0, 0.1) is 0 Å². The smallest absolute Gasteiger partial charge is 0.255 e. The zero-order chi connectivity index (χ0) is 31.9. The van der Waals surface area contributed by atoms with E-state index in [9.17, 15) is 9.59 Å². The first kappa shape index (κ1) is 35.0. The minimum atomic E-state index is -0.275. The molecular formula is C31H36Br2N2O9. The molecule has 0 heterocycles. The number of benzene rings is 3. The number of methoxy groups -OCH3 is 4. The topological polar surface area (TPSA) is 123 Å². The number of nitrogens with one attached hydrogen (secondary N) is 2. The maximum absolute atomic E-state index is 12.8. The third-order valence-electron chi connectivity index (χ3n) is 6.14. The van der Waals surface area contributed by atoms with Gasteiger partial charge in [-0.2, -0.15) is 0 Å². The van der Waals surface area contributed by atoms with Crippen LogP contribution >= 0.6 is 31.9 Å². The van der Waals surface area contributed by atoms with Gasteiger partial charge in [0.15, 0.2) is 13.6 Å². The van der Waals surface area contributed by atoms with E-state index in [-0.39, 0.29) is 25.4 Å². The fraction of sp³-hybridized carbons (Fsp3) is 0.355. The minimum Gasteiger partial charge on any atom is -0.497 e. The number of hydrogen-bond donors (Lipinski definition) is 2. The molecular weight excluding hydrogens is 704 g/mol. The molecule has 44 heavy (non-hydrogen) atoms. The van der Waals surface area contributed by atoms with E-state index in [1.165, 1.54) is 14.2 Å². The van der Waals surface area contributed by atoms with Gasteiger partial charge >= 0.3 is 0 Å². The number of rotatable bonds is 18. The summed E-state index contributed by atoms with van der Waals surface area (Å²) >= 11 is 7.16. The monoisotopic (exact) mass is 738 g/mol. The van der Waals surface area contributed by atoms with Crippen LogP contribution in [0.4, 0.5) is 0 Å². The number of hydrogen-bond acceptors (Lipinski definition) is 9. The molecule has 2 amide bonds. The molecule has 3 aromatic carbocycles. The predicted octanol–water partition coefficient (Wildman–Crippen LogP) is 5.37. The number of carbonyl (C=O) groups excluding carboxylic acids is 2. The van der Waals surface area contributed by atoms with Crippen molar-refractivity contribution in [2.75, 3.05) is 61.7 Å². The van der Waals surface area contributed by atoms with Gasteiger partial charge in [0.05, 0.1) is 40.9 Å². The molecule has 0 radical (unpaired) electrons. The Balaban J connectivity index is 1.48. The molecule has 13 heteroatoms. The first-order valence-corrected chi connectivity index (χ1v) is 15.2. The fourth-order valence-electron chi connectivity index (χ4n) is 3.97. The molecule has 0 aliphatic heterocycles. The van der Waals surface area contributed by atoms with E-state index in [1.807, 2.05) is 12.1 Å². The molecule has 2 N–H and O–H groups in total. The largest absolute Gasteiger partial charge is 0.497 e. The minimum absolute atomic E-state index is 0.00769. The molecule has 0 bridgehead atoms. The number of halogens is 2. The van der Waals surface area contributed by atoms with E-state index in [1.54, 1.807) is 50.6 Å². The van der Waals surface area contributed by atoms with Crippen molar-refractivity contribution in [2.24, 2.45) is 0 Å². The van der Waals surface area contributed by atoms with E-state index in [2.05, 4.69) is 42.5 Å². The van der Waals surface area contributed by atoms with Crippen LogP contribution in [-0.4, -0.2) is 73.5 Å². The van der Waals surface area contributed by atoms with Gasteiger partial charge in [-0.1, -0.05) is 0 Å². The van der Waals surface area contributed by atoms with Crippen LogP contribution in [0.15, 0.2) is 57.5 Å². The summed E-state index contributed by atoms with van der Waals surface area (Å²) in [7, 11) is 6.10. The van der Waals surface area contributed by atoms with Crippen LogP contribution in [0.25, 0.3) is 0 Å². The van der Waals surface area contributed by atoms with Gasteiger partial charge in [-0.15, -0.1) is 0 Å². The van der Waals surface area contributed by atoms with Crippen molar-refractivity contribution in [3.05, 3.63) is 74.2 Å². The van der Waals surface area contributed by atoms with Crippen molar-refractivity contribution in [2.45, 2.75) is 12.8 Å². The van der Waals surface area contributed by atoms with Crippen molar-refractivity contribution < 1.29 is 42.7 Å². The summed E-state index contributed by atoms with van der Waals surface area (Å²) in [6.07, 6.45) is 1.16. The standard InChI is InChI=1S/C31H36Br2N2O9/c1-38-18-43-27-16-21(40-3)6-8-23(27)30(36)34-11-5-13-42-29-25(32)14-20(15-26(29)33)10-12-35-31(37)24-9-7-22(41-4)17-28(24)44-19-39-2/h6-9,14-17H,5,10-13,18-19H2,1-4H3,(H,34,36)(H,35,37). The Kier molecular flexibility index (Phi) is 14.6. The highest BCUT2D eigenvalue weighted by Gasteiger charge is 2.16. The van der Waals surface area contributed by atoms with Gasteiger partial charge in [-0.3, -0.25) is 9.59 Å². The van der Waals surface area contributed by atoms with E-state index in [4.69, 9.17) is 33.2 Å². The van der Waals surface area contributed by atoms with Gasteiger partial charge in [0, 0.05) is 39.4 Å². The van der Waals surface area contributed by atoms with Gasteiger partial charge in [0.1, 0.15) is 28.7 Å². The molecule has 11 nitrogen and oxygen atoms in total. The van der Waals surface area contributed by atoms with Crippen LogP contribution < -0.4 is 34.3 Å². The molecule has 0 saturated heterocycles. The highest BCUT2D eigenvalue weighted by molar-refractivity contribution is 9.11. The first-order chi connectivity index (χ1) is 21.3. The SMILES string of the molecule is COCOc1cc(OC)ccc1C(=O)NCCCOc1c(Br)cc(CCNC(=O)c2ccc(OC)cc2OCOC)cc1Br. The number of carbonyl (C=O) groups is 2. The van der Waals surface area contributed by atoms with Crippen molar-refractivity contribution in [1.82, 2.24) is 10.6 Å². The van der Waals surface area contributed by atoms with Crippen LogP contribution in [0.2, 0.25) is 0 Å². The quantitative estimate of drug-likeness (QED) is 0.131. The molecule has 238 valence electrons. The second-order valence-electron chi connectivity index (χ2n) is 9.18. The third kappa shape index (κ3) is 10.3. The van der Waals surface area contributed by atoms with Gasteiger partial charge in [0.2, 0.25) is 0 Å². The third-order valence-corrected chi connectivity index (χ3v) is 7.32. The predicted molar refractivity (Wildman–Crippen MR) is 171 cm³/mol. The van der Waals surface area contributed by atoms with Crippen LogP contribution in [-0.2, 0) is 15.9 Å². The van der Waals surface area contributed by atoms with Crippen molar-refractivity contribution >= 4 is 43.7 Å². The maximum atomic E-state index is 12.8. The van der Waals surface area contributed by atoms with Gasteiger partial charge in [-0.05, 0) is 86.7 Å². The number of ether oxygens (including phenoxy) is 7. The Morgan fingerprint density at radius 3 is 1.66 bits per heavy atom. The second kappa shape index (κ2) is 18.3. The number of amides is 2. The van der Waals surface area contributed by atoms with Crippen LogP contribution in [0.3, 0.4) is 0 Å². The normalized spacial score (nSPS) is 10.6. The molecule has 0 fully saturated rings. The Morgan fingerprint density at radius 2 is 1.18 bits per heavy atom. The van der Waals surface area contributed by atoms with E-state index in [0.717, 1.165) is 14.5 Å². The molecule has 0 aliphatic carbocycles. The van der Waals surface area contributed by atoms with Crippen LogP contribution in [0.1, 0.15) is 32.7 Å². The summed E-state index contributed by atoms with van der Waals surface area (Å²) in [6.45, 7) is 1.19. The Morgan fingerprint density at radius 1 is 0.682 bits per heavy atom. The molecule has 0 saturated carbocycles. The van der Waals surface area contributed by atoms with Gasteiger partial charge in [0.25, 0.3) is 11.8 Å². The van der Waals surface area contributed by atoms with E-state index >= 15 is 0 Å². The molecule has 3 aromatic rings. The zero-order valence-electron chi connectivity index (χ0n) is 25.0. The highest BCUT2D eigenvalue weighted by Crippen LogP contribution is 2.35. The summed E-state index contributed by atoms with van der Waals surface area (Å²) < 4.78 is 38.9. The second-order valence-corrected chi connectivity index (χ2v) is 10.9. The van der Waals surface area contributed by atoms with Crippen LogP contribution in [0.5, 0.6) is 28.7 Å². The molecule has 0 atom stereocenters. The molecule has 0 aromatic heterocycles. The summed E-state index contributed by atoms with van der Waals surface area (Å²) in [6, 6.07) is 13.9. The fourth-order valence-corrected chi connectivity index (χ4v) is 5.48. The average Bonchev–Trinajstić information content (AvgIpc) is 3.03. The van der Waals surface area contributed by atoms with E-state index in [0.29, 0.717) is 72.4 Å². The lowest BCUT2D eigenvalue weighted by molar-refractivity contribution is 0.0496. The summed E-state index contributed by atoms with van der Waals surface area (Å²) in [5, 5.41) is 5.81. The summed E-state index contributed by atoms with van der Waals surface area (Å²) in [5.41, 5.74) is 1.75. The Bertz CT molecular complexity index is 1380. The molecule has 0 unspecified atom stereocenters. The van der Waals surface area contributed by atoms with E-state index < -0.39 is 0 Å². The highest BCUT2D eigenvalue weighted by atomic mass is 79.9. The molecule has 0 spiro atoms. The average molecular weight is 740 g/mol. The van der Waals surface area contributed by atoms with Crippen molar-refractivity contribution in [3.63, 3.8) is 0 Å². The summed E-state index contributed by atoms with van der Waals surface area (Å²) in [5.74, 6) is 1.99. The lowest BCUT2D eigenvalue weighted by Gasteiger charge is -2.14. The maximum Gasteiger partial charge on any atom is 0.255 e. The zero-order valence-corrected chi connectivity index (χ0v) is 28.2. The lowest BCUT2D eigenvalue weighted by Crippen LogP contribution is -2.26. The molecule has 3 rings (SSSR count). The van der Waals surface area contributed by atoms with Gasteiger partial charge in [-0.25, -0.2) is 0 Å². The summed E-state index contributed by atoms with van der Waals surface area (Å²) in [4.78, 5) is 25.6. The first-order valence-electron chi connectivity index (χ1n) is 13.6. The van der Waals surface area contributed by atoms with Gasteiger partial charge < -0.3 is 43.8 Å². The Hall–Kier alpha value is -3.52. The van der Waals surface area contributed by atoms with Crippen molar-refractivity contribution in [3.8, 4) is 28.7 Å². The lowest BCUT2D eigenvalue weighted by atomic mass is 10.1. The Labute approximate surface area is 273 Å². The van der Waals surface area contributed by atoms with Crippen molar-refractivity contribution in [1.29, 1.82) is 0 Å². The molecule has 0 aliphatic rings.